The summed E-state index contributed by atoms with van der Waals surface area (Å²) in [6.07, 6.45) is 0. The molecule has 0 saturated carbocycles. The molecule has 0 radical (unpaired) electrons. The molecule has 1 amide bonds. The van der Waals surface area contributed by atoms with Crippen LogP contribution in [0, 0.1) is 13.8 Å². The van der Waals surface area contributed by atoms with Crippen molar-refractivity contribution in [2.45, 2.75) is 13.8 Å². The van der Waals surface area contributed by atoms with Gasteiger partial charge in [0.25, 0.3) is 5.91 Å². The van der Waals surface area contributed by atoms with Gasteiger partial charge >= 0.3 is 5.97 Å². The maximum Gasteiger partial charge on any atom is 0.322 e. The van der Waals surface area contributed by atoms with Crippen molar-refractivity contribution in [1.82, 2.24) is 10.3 Å². The predicted molar refractivity (Wildman–Crippen MR) is 70.7 cm³/mol. The number of aromatic hydroxyl groups is 1. The molecule has 100 valence electrons. The molecular formula is C12H12N2O4S. The minimum absolute atomic E-state index is 0.145. The largest absolute Gasteiger partial charge is 0.504 e. The molecule has 2 rings (SSSR count). The molecule has 6 nitrogen and oxygen atoms in total. The van der Waals surface area contributed by atoms with Crippen LogP contribution < -0.4 is 5.32 Å². The number of carboxylic acids is 1. The summed E-state index contributed by atoms with van der Waals surface area (Å²) < 4.78 is 0.588. The van der Waals surface area contributed by atoms with Crippen molar-refractivity contribution >= 4 is 33.3 Å². The molecule has 0 unspecified atom stereocenters. The van der Waals surface area contributed by atoms with Gasteiger partial charge in [0.1, 0.15) is 6.54 Å². The number of pyridine rings is 1. The number of nitrogens with one attached hydrogen (secondary N) is 1. The van der Waals surface area contributed by atoms with Gasteiger partial charge < -0.3 is 15.5 Å². The quantitative estimate of drug-likeness (QED) is 0.790. The number of hydrogen-bond donors (Lipinski definition) is 3. The molecule has 0 aliphatic heterocycles. The fourth-order valence-corrected chi connectivity index (χ4v) is 2.75. The number of rotatable bonds is 3. The number of carbonyl (C=O) groups excluding carboxylic acids is 1. The first kappa shape index (κ1) is 13.3. The molecule has 0 saturated heterocycles. The average molecular weight is 280 g/mol. The summed E-state index contributed by atoms with van der Waals surface area (Å²) in [6, 6.07) is 1.89. The Labute approximate surface area is 112 Å². The Morgan fingerprint density at radius 2 is 2.11 bits per heavy atom. The van der Waals surface area contributed by atoms with Gasteiger partial charge in [-0.2, -0.15) is 0 Å². The van der Waals surface area contributed by atoms with Crippen molar-refractivity contribution in [3.8, 4) is 5.75 Å². The van der Waals surface area contributed by atoms with E-state index < -0.39 is 18.4 Å². The normalized spacial score (nSPS) is 10.6. The highest BCUT2D eigenvalue weighted by atomic mass is 32.1. The lowest BCUT2D eigenvalue weighted by molar-refractivity contribution is -0.135. The molecule has 0 aliphatic rings. The van der Waals surface area contributed by atoms with E-state index in [-0.39, 0.29) is 11.4 Å². The summed E-state index contributed by atoms with van der Waals surface area (Å²) in [4.78, 5) is 27.2. The van der Waals surface area contributed by atoms with Gasteiger partial charge in [-0.3, -0.25) is 9.59 Å². The van der Waals surface area contributed by atoms with Crippen LogP contribution in [-0.4, -0.2) is 33.6 Å². The minimum atomic E-state index is -1.15. The van der Waals surface area contributed by atoms with Gasteiger partial charge in [-0.25, -0.2) is 4.98 Å². The molecule has 0 atom stereocenters. The molecule has 7 heteroatoms. The third-order valence-electron chi connectivity index (χ3n) is 2.58. The molecule has 0 bridgehead atoms. The Hall–Kier alpha value is -2.15. The number of fused-ring (bicyclic) bond motifs is 1. The van der Waals surface area contributed by atoms with Crippen LogP contribution in [-0.2, 0) is 4.79 Å². The number of carboxylic acid groups (broad SMARTS) is 1. The number of aliphatic carboxylic acids is 1. The van der Waals surface area contributed by atoms with Gasteiger partial charge in [-0.05, 0) is 19.9 Å². The molecule has 19 heavy (non-hydrogen) atoms. The van der Waals surface area contributed by atoms with Crippen LogP contribution in [0.5, 0.6) is 5.75 Å². The van der Waals surface area contributed by atoms with Crippen LogP contribution >= 0.6 is 11.3 Å². The summed E-state index contributed by atoms with van der Waals surface area (Å²) in [6.45, 7) is 3.12. The van der Waals surface area contributed by atoms with Crippen LogP contribution in [0.3, 0.4) is 0 Å². The number of thiophene rings is 1. The molecule has 2 heterocycles. The average Bonchev–Trinajstić information content (AvgIpc) is 2.73. The van der Waals surface area contributed by atoms with Crippen molar-refractivity contribution in [2.24, 2.45) is 0 Å². The van der Waals surface area contributed by atoms with Gasteiger partial charge in [-0.15, -0.1) is 11.3 Å². The van der Waals surface area contributed by atoms with Gasteiger partial charge in [0.05, 0.1) is 4.70 Å². The summed E-state index contributed by atoms with van der Waals surface area (Å²) in [7, 11) is 0. The van der Waals surface area contributed by atoms with Crippen LogP contribution in [0.15, 0.2) is 6.07 Å². The smallest absolute Gasteiger partial charge is 0.322 e. The fraction of sp³-hybridized carbons (Fsp3) is 0.250. The van der Waals surface area contributed by atoms with E-state index in [1.54, 1.807) is 6.92 Å². The Morgan fingerprint density at radius 3 is 2.74 bits per heavy atom. The SMILES string of the molecule is Cc1cc2c(C)nc(C(=O)NCC(=O)O)c(O)c2s1. The molecular weight excluding hydrogens is 268 g/mol. The predicted octanol–water partition coefficient (Wildman–Crippen LogP) is 1.43. The zero-order valence-corrected chi connectivity index (χ0v) is 11.2. The third kappa shape index (κ3) is 2.50. The van der Waals surface area contributed by atoms with Gasteiger partial charge in [0, 0.05) is 16.0 Å². The van der Waals surface area contributed by atoms with Crippen molar-refractivity contribution < 1.29 is 19.8 Å². The highest BCUT2D eigenvalue weighted by molar-refractivity contribution is 7.19. The van der Waals surface area contributed by atoms with Gasteiger partial charge in [0.2, 0.25) is 0 Å². The minimum Gasteiger partial charge on any atom is -0.504 e. The topological polar surface area (TPSA) is 99.5 Å². The van der Waals surface area contributed by atoms with Crippen LogP contribution in [0.2, 0.25) is 0 Å². The highest BCUT2D eigenvalue weighted by Crippen LogP contribution is 2.35. The first-order chi connectivity index (χ1) is 8.90. The second kappa shape index (κ2) is 4.85. The Morgan fingerprint density at radius 1 is 1.42 bits per heavy atom. The maximum absolute atomic E-state index is 11.8. The maximum atomic E-state index is 11.8. The second-order valence-electron chi connectivity index (χ2n) is 4.07. The molecule has 0 fully saturated rings. The lowest BCUT2D eigenvalue weighted by Crippen LogP contribution is -2.30. The summed E-state index contributed by atoms with van der Waals surface area (Å²) in [5.74, 6) is -2.06. The van der Waals surface area contributed by atoms with E-state index >= 15 is 0 Å². The molecule has 3 N–H and O–H groups in total. The summed E-state index contributed by atoms with van der Waals surface area (Å²) in [5, 5.41) is 21.6. The van der Waals surface area contributed by atoms with Gasteiger partial charge in [0.15, 0.2) is 11.4 Å². The third-order valence-corrected chi connectivity index (χ3v) is 3.64. The van der Waals surface area contributed by atoms with E-state index in [4.69, 9.17) is 5.11 Å². The standard InChI is InChI=1S/C12H12N2O4S/c1-5-3-7-6(2)14-9(10(17)11(7)19-5)12(18)13-4-8(15)16/h3,17H,4H2,1-2H3,(H,13,18)(H,15,16). The summed E-state index contributed by atoms with van der Waals surface area (Å²) >= 11 is 1.36. The van der Waals surface area contributed by atoms with Crippen LogP contribution in [0.1, 0.15) is 21.1 Å². The van der Waals surface area contributed by atoms with Crippen molar-refractivity contribution in [3.63, 3.8) is 0 Å². The zero-order valence-electron chi connectivity index (χ0n) is 10.4. The van der Waals surface area contributed by atoms with E-state index in [0.717, 1.165) is 10.3 Å². The van der Waals surface area contributed by atoms with Crippen molar-refractivity contribution in [3.05, 3.63) is 22.3 Å². The number of amides is 1. The Balaban J connectivity index is 2.46. The van der Waals surface area contributed by atoms with Crippen molar-refractivity contribution in [1.29, 1.82) is 0 Å². The number of aryl methyl sites for hydroxylation is 2. The summed E-state index contributed by atoms with van der Waals surface area (Å²) in [5.41, 5.74) is 0.478. The molecule has 0 spiro atoms. The first-order valence-electron chi connectivity index (χ1n) is 5.50. The molecule has 2 aromatic rings. The van der Waals surface area contributed by atoms with Crippen LogP contribution in [0.25, 0.3) is 10.1 Å². The molecule has 2 aromatic heterocycles. The Kier molecular flexibility index (Phi) is 3.39. The Bertz CT molecular complexity index is 678. The molecule has 0 aliphatic carbocycles. The monoisotopic (exact) mass is 280 g/mol. The second-order valence-corrected chi connectivity index (χ2v) is 5.33. The number of carbonyl (C=O) groups is 2. The lowest BCUT2D eigenvalue weighted by atomic mass is 10.2. The van der Waals surface area contributed by atoms with E-state index in [1.165, 1.54) is 11.3 Å². The van der Waals surface area contributed by atoms with Crippen molar-refractivity contribution in [2.75, 3.05) is 6.54 Å². The number of nitrogens with zero attached hydrogens (tertiary/aromatic N) is 1. The fourth-order valence-electron chi connectivity index (χ4n) is 1.75. The van der Waals surface area contributed by atoms with E-state index in [2.05, 4.69) is 10.3 Å². The van der Waals surface area contributed by atoms with E-state index in [9.17, 15) is 14.7 Å². The highest BCUT2D eigenvalue weighted by Gasteiger charge is 2.19. The first-order valence-corrected chi connectivity index (χ1v) is 6.31. The van der Waals surface area contributed by atoms with E-state index in [1.807, 2.05) is 13.0 Å². The van der Waals surface area contributed by atoms with E-state index in [0.29, 0.717) is 10.4 Å². The lowest BCUT2D eigenvalue weighted by Gasteiger charge is -2.06. The number of hydrogen-bond acceptors (Lipinski definition) is 5. The van der Waals surface area contributed by atoms with Gasteiger partial charge in [-0.1, -0.05) is 0 Å². The number of aromatic nitrogens is 1. The molecule has 0 aromatic carbocycles. The van der Waals surface area contributed by atoms with Crippen LogP contribution in [0.4, 0.5) is 0 Å². The zero-order chi connectivity index (χ0) is 14.2.